The van der Waals surface area contributed by atoms with Crippen molar-refractivity contribution in [3.63, 3.8) is 0 Å². The second-order valence-electron chi connectivity index (χ2n) is 4.18. The summed E-state index contributed by atoms with van der Waals surface area (Å²) in [6.45, 7) is 1.65. The zero-order valence-corrected chi connectivity index (χ0v) is 9.34. The molecule has 2 atom stereocenters. The number of hydrogen-bond acceptors (Lipinski definition) is 5. The number of carbonyl (C=O) groups is 2. The number of hydrogen-bond donors (Lipinski definition) is 2. The van der Waals surface area contributed by atoms with Gasteiger partial charge in [-0.2, -0.15) is 4.98 Å². The number of nitrogens with zero attached hydrogens (tertiary/aromatic N) is 2. The molecule has 2 unspecified atom stereocenters. The van der Waals surface area contributed by atoms with Crippen LogP contribution in [0, 0.1) is 18.8 Å². The van der Waals surface area contributed by atoms with Crippen molar-refractivity contribution in [1.82, 2.24) is 10.1 Å². The van der Waals surface area contributed by atoms with E-state index in [0.29, 0.717) is 25.1 Å². The van der Waals surface area contributed by atoms with E-state index in [0.717, 1.165) is 0 Å². The lowest BCUT2D eigenvalue weighted by Crippen LogP contribution is -2.21. The molecule has 7 heteroatoms. The topological polar surface area (TPSA) is 105 Å². The molecule has 1 saturated carbocycles. The van der Waals surface area contributed by atoms with Gasteiger partial charge in [-0.1, -0.05) is 5.16 Å². The van der Waals surface area contributed by atoms with Crippen LogP contribution in [0.1, 0.15) is 25.1 Å². The highest BCUT2D eigenvalue weighted by atomic mass is 16.5. The molecule has 1 aliphatic rings. The van der Waals surface area contributed by atoms with E-state index < -0.39 is 11.9 Å². The maximum absolute atomic E-state index is 11.8. The molecule has 0 spiro atoms. The third kappa shape index (κ3) is 2.61. The molecular formula is C10H13N3O4. The average Bonchev–Trinajstić information content (AvgIpc) is 2.86. The number of carboxylic acid groups (broad SMARTS) is 1. The lowest BCUT2D eigenvalue weighted by Gasteiger charge is -2.07. The lowest BCUT2D eigenvalue weighted by atomic mass is 10.0. The van der Waals surface area contributed by atoms with E-state index in [1.165, 1.54) is 0 Å². The highest BCUT2D eigenvalue weighted by Crippen LogP contribution is 2.31. The van der Waals surface area contributed by atoms with Crippen LogP contribution in [0.2, 0.25) is 0 Å². The van der Waals surface area contributed by atoms with Gasteiger partial charge in [0.15, 0.2) is 5.82 Å². The predicted octanol–water partition coefficient (Wildman–Crippen LogP) is 0.817. The minimum absolute atomic E-state index is 0.0614. The van der Waals surface area contributed by atoms with Crippen molar-refractivity contribution in [1.29, 1.82) is 0 Å². The molecule has 1 aromatic rings. The first kappa shape index (κ1) is 11.6. The third-order valence-electron chi connectivity index (χ3n) is 2.91. The zero-order valence-electron chi connectivity index (χ0n) is 9.34. The Morgan fingerprint density at radius 2 is 2.12 bits per heavy atom. The van der Waals surface area contributed by atoms with Crippen LogP contribution in [0.4, 0.5) is 6.01 Å². The first-order valence-electron chi connectivity index (χ1n) is 5.40. The van der Waals surface area contributed by atoms with Gasteiger partial charge in [-0.3, -0.25) is 14.9 Å². The van der Waals surface area contributed by atoms with Gasteiger partial charge in [0.1, 0.15) is 0 Å². The second kappa shape index (κ2) is 4.52. The minimum atomic E-state index is -0.839. The molecule has 2 rings (SSSR count). The molecule has 7 nitrogen and oxygen atoms in total. The van der Waals surface area contributed by atoms with Gasteiger partial charge >= 0.3 is 12.0 Å². The van der Waals surface area contributed by atoms with Gasteiger partial charge in [-0.15, -0.1) is 0 Å². The molecule has 17 heavy (non-hydrogen) atoms. The van der Waals surface area contributed by atoms with E-state index >= 15 is 0 Å². The monoisotopic (exact) mass is 239 g/mol. The van der Waals surface area contributed by atoms with Gasteiger partial charge in [0.05, 0.1) is 5.92 Å². The van der Waals surface area contributed by atoms with Crippen LogP contribution in [0.5, 0.6) is 0 Å². The normalized spacial score (nSPS) is 23.6. The number of rotatable bonds is 3. The summed E-state index contributed by atoms with van der Waals surface area (Å²) in [7, 11) is 0. The molecular weight excluding hydrogens is 226 g/mol. The molecule has 0 saturated heterocycles. The highest BCUT2D eigenvalue weighted by Gasteiger charge is 2.34. The summed E-state index contributed by atoms with van der Waals surface area (Å²) in [5, 5.41) is 14.9. The molecule has 0 radical (unpaired) electrons. The van der Waals surface area contributed by atoms with Gasteiger partial charge in [-0.05, 0) is 26.2 Å². The summed E-state index contributed by atoms with van der Waals surface area (Å²) < 4.78 is 4.76. The van der Waals surface area contributed by atoms with E-state index in [1.54, 1.807) is 6.92 Å². The molecule has 1 aliphatic carbocycles. The van der Waals surface area contributed by atoms with Crippen molar-refractivity contribution in [2.24, 2.45) is 11.8 Å². The van der Waals surface area contributed by atoms with E-state index in [9.17, 15) is 9.59 Å². The number of anilines is 1. The van der Waals surface area contributed by atoms with E-state index in [4.69, 9.17) is 9.63 Å². The Kier molecular flexibility index (Phi) is 3.08. The van der Waals surface area contributed by atoms with Crippen molar-refractivity contribution >= 4 is 17.9 Å². The largest absolute Gasteiger partial charge is 0.481 e. The number of aromatic nitrogens is 2. The SMILES string of the molecule is Cc1noc(NC(=O)C2CCC(C(=O)O)C2)n1. The molecule has 92 valence electrons. The van der Waals surface area contributed by atoms with E-state index in [1.807, 2.05) is 0 Å². The standard InChI is InChI=1S/C10H13N3O4/c1-5-11-10(17-13-5)12-8(14)6-2-3-7(4-6)9(15)16/h6-7H,2-4H2,1H3,(H,15,16)(H,11,12,13,14). The van der Waals surface area contributed by atoms with Gasteiger partial charge in [0.25, 0.3) is 0 Å². The number of aliphatic carboxylic acids is 1. The fourth-order valence-corrected chi connectivity index (χ4v) is 2.00. The van der Waals surface area contributed by atoms with Crippen molar-refractivity contribution in [3.05, 3.63) is 5.82 Å². The number of aryl methyl sites for hydroxylation is 1. The Morgan fingerprint density at radius 1 is 1.41 bits per heavy atom. The van der Waals surface area contributed by atoms with Crippen molar-refractivity contribution in [2.75, 3.05) is 5.32 Å². The smallest absolute Gasteiger partial charge is 0.328 e. The fraction of sp³-hybridized carbons (Fsp3) is 0.600. The Labute approximate surface area is 97.2 Å². The van der Waals surface area contributed by atoms with Crippen LogP contribution < -0.4 is 5.32 Å². The summed E-state index contributed by atoms with van der Waals surface area (Å²) >= 11 is 0. The summed E-state index contributed by atoms with van der Waals surface area (Å²) in [5.41, 5.74) is 0. The van der Waals surface area contributed by atoms with Crippen molar-refractivity contribution in [2.45, 2.75) is 26.2 Å². The summed E-state index contributed by atoms with van der Waals surface area (Å²) in [6, 6.07) is 0.0614. The highest BCUT2D eigenvalue weighted by molar-refractivity contribution is 5.91. The lowest BCUT2D eigenvalue weighted by molar-refractivity contribution is -0.141. The number of amides is 1. The summed E-state index contributed by atoms with van der Waals surface area (Å²) in [4.78, 5) is 26.4. The van der Waals surface area contributed by atoms with Crippen LogP contribution in [0.25, 0.3) is 0 Å². The molecule has 1 amide bonds. The Hall–Kier alpha value is -1.92. The number of nitrogens with one attached hydrogen (secondary N) is 1. The second-order valence-corrected chi connectivity index (χ2v) is 4.18. The van der Waals surface area contributed by atoms with Gasteiger partial charge in [-0.25, -0.2) is 0 Å². The van der Waals surface area contributed by atoms with Crippen molar-refractivity contribution in [3.8, 4) is 0 Å². The van der Waals surface area contributed by atoms with Crippen LogP contribution in [0.15, 0.2) is 4.52 Å². The molecule has 2 N–H and O–H groups in total. The predicted molar refractivity (Wildman–Crippen MR) is 56.1 cm³/mol. The first-order chi connectivity index (χ1) is 8.06. The van der Waals surface area contributed by atoms with E-state index in [-0.39, 0.29) is 17.8 Å². The van der Waals surface area contributed by atoms with Gasteiger partial charge < -0.3 is 9.63 Å². The van der Waals surface area contributed by atoms with Crippen LogP contribution in [-0.2, 0) is 9.59 Å². The van der Waals surface area contributed by atoms with Crippen LogP contribution >= 0.6 is 0 Å². The Bertz CT molecular complexity index is 443. The Morgan fingerprint density at radius 3 is 2.65 bits per heavy atom. The van der Waals surface area contributed by atoms with E-state index in [2.05, 4.69) is 15.5 Å². The van der Waals surface area contributed by atoms with Crippen LogP contribution in [0.3, 0.4) is 0 Å². The van der Waals surface area contributed by atoms with Crippen LogP contribution in [-0.4, -0.2) is 27.1 Å². The van der Waals surface area contributed by atoms with Gasteiger partial charge in [0, 0.05) is 5.92 Å². The first-order valence-corrected chi connectivity index (χ1v) is 5.40. The maximum Gasteiger partial charge on any atom is 0.328 e. The maximum atomic E-state index is 11.8. The molecule has 1 aromatic heterocycles. The summed E-state index contributed by atoms with van der Waals surface area (Å²) in [5.74, 6) is -1.36. The molecule has 1 fully saturated rings. The quantitative estimate of drug-likeness (QED) is 0.808. The zero-order chi connectivity index (χ0) is 12.4. The number of carboxylic acids is 1. The number of carbonyl (C=O) groups excluding carboxylic acids is 1. The van der Waals surface area contributed by atoms with Crippen molar-refractivity contribution < 1.29 is 19.2 Å². The minimum Gasteiger partial charge on any atom is -0.481 e. The molecule has 0 aliphatic heterocycles. The Balaban J connectivity index is 1.91. The average molecular weight is 239 g/mol. The molecule has 1 heterocycles. The fourth-order valence-electron chi connectivity index (χ4n) is 2.00. The third-order valence-corrected chi connectivity index (χ3v) is 2.91. The van der Waals surface area contributed by atoms with Gasteiger partial charge in [0.2, 0.25) is 5.91 Å². The molecule has 0 aromatic carbocycles. The molecule has 0 bridgehead atoms. The summed E-state index contributed by atoms with van der Waals surface area (Å²) in [6.07, 6.45) is 1.49.